The molecule has 3 aromatic carbocycles. The van der Waals surface area contributed by atoms with Gasteiger partial charge in [0.1, 0.15) is 21.5 Å². The number of carbonyl (C=O) groups is 1. The number of para-hydroxylation sites is 2. The first-order chi connectivity index (χ1) is 18.0. The van der Waals surface area contributed by atoms with Crippen molar-refractivity contribution in [1.82, 2.24) is 9.88 Å². The zero-order valence-corrected chi connectivity index (χ0v) is 22.4. The number of thiophene rings is 1. The Hall–Kier alpha value is -3.52. The minimum atomic E-state index is -0.132. The number of thiazole rings is 1. The van der Waals surface area contributed by atoms with Gasteiger partial charge in [0.2, 0.25) is 0 Å². The van der Waals surface area contributed by atoms with Crippen LogP contribution in [0.2, 0.25) is 0 Å². The standard InChI is InChI=1S/C30H27N3O2S2/c1-19(2)33-17-16-23-26(18-33)37-30(27(23)29-31-24-10-6-7-11-25(24)36-29)32-28(34)20-12-14-22(15-13-20)35-21-8-4-3-5-9-21/h3-15,19H,16-18H2,1-2H3,(H,32,34). The third-order valence-electron chi connectivity index (χ3n) is 6.65. The highest BCUT2D eigenvalue weighted by atomic mass is 32.1. The number of hydrogen-bond acceptors (Lipinski definition) is 6. The van der Waals surface area contributed by atoms with Crippen molar-refractivity contribution in [2.24, 2.45) is 0 Å². The third-order valence-corrected chi connectivity index (χ3v) is 8.83. The fourth-order valence-corrected chi connectivity index (χ4v) is 7.01. The van der Waals surface area contributed by atoms with E-state index in [0.29, 0.717) is 17.4 Å². The van der Waals surface area contributed by atoms with Crippen molar-refractivity contribution in [3.05, 3.63) is 94.9 Å². The SMILES string of the molecule is CC(C)N1CCc2c(sc(NC(=O)c3ccc(Oc4ccccc4)cc3)c2-c2nc3ccccc3s2)C1. The molecule has 7 heteroatoms. The molecule has 2 aromatic heterocycles. The minimum Gasteiger partial charge on any atom is -0.457 e. The molecule has 1 amide bonds. The van der Waals surface area contributed by atoms with Crippen LogP contribution in [0.1, 0.15) is 34.6 Å². The van der Waals surface area contributed by atoms with E-state index in [-0.39, 0.29) is 5.91 Å². The number of fused-ring (bicyclic) bond motifs is 2. The van der Waals surface area contributed by atoms with Crippen molar-refractivity contribution in [1.29, 1.82) is 0 Å². The molecule has 0 saturated carbocycles. The van der Waals surface area contributed by atoms with E-state index in [1.54, 1.807) is 34.8 Å². The van der Waals surface area contributed by atoms with Crippen molar-refractivity contribution in [2.75, 3.05) is 11.9 Å². The topological polar surface area (TPSA) is 54.5 Å². The molecule has 186 valence electrons. The Morgan fingerprint density at radius 2 is 1.68 bits per heavy atom. The Bertz CT molecular complexity index is 1520. The summed E-state index contributed by atoms with van der Waals surface area (Å²) in [6.45, 7) is 6.38. The molecule has 6 rings (SSSR count). The monoisotopic (exact) mass is 525 g/mol. The molecule has 1 aliphatic heterocycles. The third kappa shape index (κ3) is 4.90. The Labute approximate surface area is 224 Å². The molecule has 0 aliphatic carbocycles. The molecule has 1 N–H and O–H groups in total. The summed E-state index contributed by atoms with van der Waals surface area (Å²) in [6.07, 6.45) is 0.955. The highest BCUT2D eigenvalue weighted by Gasteiger charge is 2.28. The van der Waals surface area contributed by atoms with E-state index < -0.39 is 0 Å². The minimum absolute atomic E-state index is 0.132. The number of benzene rings is 3. The molecule has 0 atom stereocenters. The molecule has 3 heterocycles. The average molecular weight is 526 g/mol. The molecule has 0 spiro atoms. The van der Waals surface area contributed by atoms with Crippen LogP contribution in [0.5, 0.6) is 11.5 Å². The number of aromatic nitrogens is 1. The molecule has 1 aliphatic rings. The predicted molar refractivity (Wildman–Crippen MR) is 153 cm³/mol. The van der Waals surface area contributed by atoms with Crippen LogP contribution in [0, 0.1) is 0 Å². The van der Waals surface area contributed by atoms with Gasteiger partial charge >= 0.3 is 0 Å². The van der Waals surface area contributed by atoms with Gasteiger partial charge in [-0.15, -0.1) is 22.7 Å². The number of anilines is 1. The van der Waals surface area contributed by atoms with E-state index in [9.17, 15) is 4.79 Å². The largest absolute Gasteiger partial charge is 0.457 e. The van der Waals surface area contributed by atoms with Crippen LogP contribution in [0.15, 0.2) is 78.9 Å². The Morgan fingerprint density at radius 3 is 2.43 bits per heavy atom. The van der Waals surface area contributed by atoms with Crippen molar-refractivity contribution in [2.45, 2.75) is 32.9 Å². The summed E-state index contributed by atoms with van der Waals surface area (Å²) in [5, 5.41) is 5.08. The second-order valence-corrected chi connectivity index (χ2v) is 11.5. The molecule has 0 bridgehead atoms. The lowest BCUT2D eigenvalue weighted by molar-refractivity contribution is 0.102. The number of carbonyl (C=O) groups excluding carboxylic acids is 1. The van der Waals surface area contributed by atoms with Crippen LogP contribution < -0.4 is 10.1 Å². The van der Waals surface area contributed by atoms with Gasteiger partial charge in [-0.2, -0.15) is 0 Å². The maximum absolute atomic E-state index is 13.4. The predicted octanol–water partition coefficient (Wildman–Crippen LogP) is 7.84. The van der Waals surface area contributed by atoms with E-state index in [4.69, 9.17) is 9.72 Å². The molecular formula is C30H27N3O2S2. The fourth-order valence-electron chi connectivity index (χ4n) is 4.63. The molecule has 5 nitrogen and oxygen atoms in total. The first kappa shape index (κ1) is 23.9. The van der Waals surface area contributed by atoms with E-state index in [1.165, 1.54) is 10.4 Å². The summed E-state index contributed by atoms with van der Waals surface area (Å²) in [7, 11) is 0. The second kappa shape index (κ2) is 10.1. The van der Waals surface area contributed by atoms with Crippen LogP contribution in [0.25, 0.3) is 20.8 Å². The Balaban J connectivity index is 1.30. The number of nitrogens with zero attached hydrogens (tertiary/aromatic N) is 2. The highest BCUT2D eigenvalue weighted by Crippen LogP contribution is 2.46. The maximum atomic E-state index is 13.4. The normalized spacial score (nSPS) is 13.6. The van der Waals surface area contributed by atoms with Crippen LogP contribution in [-0.4, -0.2) is 28.4 Å². The van der Waals surface area contributed by atoms with Crippen LogP contribution in [0.3, 0.4) is 0 Å². The van der Waals surface area contributed by atoms with Crippen LogP contribution in [0.4, 0.5) is 5.00 Å². The lowest BCUT2D eigenvalue weighted by Crippen LogP contribution is -2.35. The summed E-state index contributed by atoms with van der Waals surface area (Å²) in [6, 6.07) is 25.6. The van der Waals surface area contributed by atoms with E-state index >= 15 is 0 Å². The van der Waals surface area contributed by atoms with Crippen LogP contribution >= 0.6 is 22.7 Å². The molecule has 5 aromatic rings. The Kier molecular flexibility index (Phi) is 6.50. The van der Waals surface area contributed by atoms with Gasteiger partial charge in [-0.1, -0.05) is 30.3 Å². The lowest BCUT2D eigenvalue weighted by Gasteiger charge is -2.30. The zero-order valence-electron chi connectivity index (χ0n) is 20.7. The summed E-state index contributed by atoms with van der Waals surface area (Å²) < 4.78 is 7.04. The van der Waals surface area contributed by atoms with E-state index in [1.807, 2.05) is 60.7 Å². The Morgan fingerprint density at radius 1 is 0.946 bits per heavy atom. The maximum Gasteiger partial charge on any atom is 0.256 e. The van der Waals surface area contributed by atoms with Gasteiger partial charge in [0.15, 0.2) is 0 Å². The van der Waals surface area contributed by atoms with Crippen molar-refractivity contribution >= 4 is 43.8 Å². The molecule has 37 heavy (non-hydrogen) atoms. The summed E-state index contributed by atoms with van der Waals surface area (Å²) in [5.41, 5.74) is 3.99. The van der Waals surface area contributed by atoms with Gasteiger partial charge in [-0.05, 0) is 74.4 Å². The zero-order chi connectivity index (χ0) is 25.4. The van der Waals surface area contributed by atoms with Crippen LogP contribution in [-0.2, 0) is 13.0 Å². The van der Waals surface area contributed by atoms with Gasteiger partial charge < -0.3 is 10.1 Å². The van der Waals surface area contributed by atoms with E-state index in [0.717, 1.165) is 51.0 Å². The number of nitrogens with one attached hydrogen (secondary N) is 1. The highest BCUT2D eigenvalue weighted by molar-refractivity contribution is 7.23. The molecule has 0 unspecified atom stereocenters. The number of amides is 1. The van der Waals surface area contributed by atoms with E-state index in [2.05, 4.69) is 30.1 Å². The van der Waals surface area contributed by atoms with Gasteiger partial charge in [0, 0.05) is 35.1 Å². The summed E-state index contributed by atoms with van der Waals surface area (Å²) in [5.74, 6) is 1.32. The second-order valence-electron chi connectivity index (χ2n) is 9.40. The van der Waals surface area contributed by atoms with Gasteiger partial charge in [-0.25, -0.2) is 4.98 Å². The van der Waals surface area contributed by atoms with Gasteiger partial charge in [-0.3, -0.25) is 9.69 Å². The molecule has 0 saturated heterocycles. The van der Waals surface area contributed by atoms with Gasteiger partial charge in [0.05, 0.1) is 10.2 Å². The molecule has 0 fully saturated rings. The summed E-state index contributed by atoms with van der Waals surface area (Å²) in [4.78, 5) is 22.1. The average Bonchev–Trinajstić information content (AvgIpc) is 3.49. The first-order valence-corrected chi connectivity index (χ1v) is 14.1. The quantitative estimate of drug-likeness (QED) is 0.245. The van der Waals surface area contributed by atoms with Crippen molar-refractivity contribution in [3.8, 4) is 22.1 Å². The number of hydrogen-bond donors (Lipinski definition) is 1. The number of rotatable bonds is 6. The molecule has 0 radical (unpaired) electrons. The first-order valence-electron chi connectivity index (χ1n) is 12.4. The lowest BCUT2D eigenvalue weighted by atomic mass is 10.0. The van der Waals surface area contributed by atoms with Crippen molar-refractivity contribution < 1.29 is 9.53 Å². The molecular weight excluding hydrogens is 498 g/mol. The number of ether oxygens (including phenoxy) is 1. The summed E-state index contributed by atoms with van der Waals surface area (Å²) >= 11 is 3.37. The fraction of sp³-hybridized carbons (Fsp3) is 0.200. The van der Waals surface area contributed by atoms with Crippen molar-refractivity contribution in [3.63, 3.8) is 0 Å². The van der Waals surface area contributed by atoms with Gasteiger partial charge in [0.25, 0.3) is 5.91 Å². The smallest absolute Gasteiger partial charge is 0.256 e.